The van der Waals surface area contributed by atoms with E-state index in [9.17, 15) is 24.6 Å². The van der Waals surface area contributed by atoms with Gasteiger partial charge in [-0.05, 0) is 158 Å². The molecule has 2 amide bonds. The molecule has 0 spiro atoms. The van der Waals surface area contributed by atoms with Gasteiger partial charge in [0.2, 0.25) is 5.91 Å². The van der Waals surface area contributed by atoms with E-state index in [0.717, 1.165) is 56.1 Å². The van der Waals surface area contributed by atoms with E-state index in [-0.39, 0.29) is 61.5 Å². The van der Waals surface area contributed by atoms with Crippen molar-refractivity contribution in [3.63, 3.8) is 0 Å². The quantitative estimate of drug-likeness (QED) is 0.114. The van der Waals surface area contributed by atoms with Crippen molar-refractivity contribution in [2.45, 2.75) is 128 Å². The Kier molecular flexibility index (Phi) is 10.7. The van der Waals surface area contributed by atoms with Gasteiger partial charge in [-0.25, -0.2) is 4.79 Å². The van der Waals surface area contributed by atoms with Crippen molar-refractivity contribution in [3.8, 4) is 0 Å². The maximum atomic E-state index is 14.8. The highest BCUT2D eigenvalue weighted by Crippen LogP contribution is 2.77. The molecule has 0 heterocycles. The number of hydrogen-bond acceptors (Lipinski definition) is 4. The second-order valence-corrected chi connectivity index (χ2v) is 21.5. The van der Waals surface area contributed by atoms with Crippen LogP contribution in [-0.4, -0.2) is 44.1 Å². The van der Waals surface area contributed by atoms with Crippen molar-refractivity contribution in [2.24, 2.45) is 51.2 Å². The summed E-state index contributed by atoms with van der Waals surface area (Å²) in [5.74, 6) is 1.22. The molecule has 5 aliphatic rings. The van der Waals surface area contributed by atoms with Crippen LogP contribution in [0.5, 0.6) is 0 Å². The molecule has 2 aromatic rings. The Morgan fingerprint density at radius 2 is 1.60 bits per heavy atom. The fraction of sp³-hybridized carbons (Fsp3) is 0.638. The molecule has 0 aliphatic heterocycles. The minimum absolute atomic E-state index is 0.00735. The molecule has 55 heavy (non-hydrogen) atoms. The van der Waals surface area contributed by atoms with Gasteiger partial charge < -0.3 is 20.8 Å². The molecule has 8 heteroatoms. The maximum Gasteiger partial charge on any atom is 0.335 e. The molecule has 0 bridgehead atoms. The van der Waals surface area contributed by atoms with Gasteiger partial charge >= 0.3 is 5.97 Å². The second-order valence-electron chi connectivity index (χ2n) is 19.6. The number of aromatic carboxylic acids is 1. The van der Waals surface area contributed by atoms with Gasteiger partial charge in [-0.3, -0.25) is 9.59 Å². The van der Waals surface area contributed by atoms with Crippen LogP contribution in [0.3, 0.4) is 0 Å². The highest BCUT2D eigenvalue weighted by atomic mass is 127. The zero-order valence-corrected chi connectivity index (χ0v) is 36.0. The fourth-order valence-corrected chi connectivity index (χ4v) is 15.3. The Bertz CT molecular complexity index is 1860. The number of aliphatic hydroxyl groups excluding tert-OH is 1. The van der Waals surface area contributed by atoms with E-state index in [1.807, 2.05) is 18.2 Å². The van der Waals surface area contributed by atoms with Gasteiger partial charge in [-0.15, -0.1) is 0 Å². The number of carboxylic acid groups (broad SMARTS) is 1. The lowest BCUT2D eigenvalue weighted by Crippen LogP contribution is -2.69. The van der Waals surface area contributed by atoms with Crippen LogP contribution >= 0.6 is 22.6 Å². The van der Waals surface area contributed by atoms with Crippen molar-refractivity contribution in [1.82, 2.24) is 10.6 Å². The smallest absolute Gasteiger partial charge is 0.335 e. The van der Waals surface area contributed by atoms with Crippen LogP contribution in [0.25, 0.3) is 0 Å². The lowest BCUT2D eigenvalue weighted by atomic mass is 9.36. The van der Waals surface area contributed by atoms with Gasteiger partial charge in [0.05, 0.1) is 17.1 Å². The number of carbonyl (C=O) groups excluding carboxylic acids is 2. The van der Waals surface area contributed by atoms with Crippen LogP contribution in [0.4, 0.5) is 0 Å². The van der Waals surface area contributed by atoms with Crippen LogP contribution in [0, 0.1) is 51.2 Å². The molecule has 2 aromatic carbocycles. The summed E-state index contributed by atoms with van der Waals surface area (Å²) in [6, 6.07) is 14.2. The number of hydrogen-bond donors (Lipinski definition) is 4. The summed E-state index contributed by atoms with van der Waals surface area (Å²) in [6.45, 7) is 19.4. The Morgan fingerprint density at radius 1 is 0.873 bits per heavy atom. The van der Waals surface area contributed by atoms with Crippen molar-refractivity contribution in [1.29, 1.82) is 0 Å². The monoisotopic (exact) mass is 862 g/mol. The van der Waals surface area contributed by atoms with Crippen LogP contribution in [-0.2, 0) is 11.3 Å². The number of alkyl halides is 1. The number of halogens is 1. The third kappa shape index (κ3) is 6.51. The minimum Gasteiger partial charge on any atom is -0.478 e. The van der Waals surface area contributed by atoms with Crippen molar-refractivity contribution in [3.05, 3.63) is 82.9 Å². The van der Waals surface area contributed by atoms with Crippen LogP contribution in [0.2, 0.25) is 0 Å². The molecule has 0 saturated heterocycles. The number of rotatable bonds is 9. The fourth-order valence-electron chi connectivity index (χ4n) is 13.7. The zero-order chi connectivity index (χ0) is 39.7. The number of benzene rings is 2. The first-order valence-corrected chi connectivity index (χ1v) is 22.0. The standard InChI is InChI=1S/C47H63IN2O5/c1-28(2)34-16-21-46(42(55)50-26-29(3)31-11-9-12-32(25-31)40(52)49-27-30-10-8-13-33(24-30)41(53)54)22-23-47(48)35(39(34)46)14-15-37-44(6)19-18-38(51)43(4,5)36(44)17-20-45(37,47)7/h8-13,24-25,29,34-39,51H,1,14-23,26-27H2,2-7H3,(H,49,52)(H,50,55)(H,53,54). The van der Waals surface area contributed by atoms with Gasteiger partial charge in [0, 0.05) is 22.1 Å². The molecule has 5 fully saturated rings. The van der Waals surface area contributed by atoms with E-state index in [2.05, 4.69) is 81.3 Å². The lowest BCUT2D eigenvalue weighted by molar-refractivity contribution is -0.204. The Morgan fingerprint density at radius 3 is 2.33 bits per heavy atom. The number of fused-ring (bicyclic) bond motifs is 7. The summed E-state index contributed by atoms with van der Waals surface area (Å²) < 4.78 is 0.113. The number of aliphatic hydroxyl groups is 1. The number of amides is 2. The van der Waals surface area contributed by atoms with Gasteiger partial charge in [-0.1, -0.05) is 93.6 Å². The predicted octanol–water partition coefficient (Wildman–Crippen LogP) is 9.72. The molecular weight excluding hydrogens is 799 g/mol. The molecule has 5 aliphatic carbocycles. The first-order chi connectivity index (χ1) is 25.9. The van der Waals surface area contributed by atoms with E-state index in [1.165, 1.54) is 30.9 Å². The van der Waals surface area contributed by atoms with Crippen LogP contribution in [0.1, 0.15) is 144 Å². The van der Waals surface area contributed by atoms with Gasteiger partial charge in [0.1, 0.15) is 0 Å². The molecule has 7 nitrogen and oxygen atoms in total. The number of allylic oxidation sites excluding steroid dienone is 1. The first kappa shape index (κ1) is 40.5. The lowest BCUT2D eigenvalue weighted by Gasteiger charge is -2.72. The summed E-state index contributed by atoms with van der Waals surface area (Å²) in [7, 11) is 0. The predicted molar refractivity (Wildman–Crippen MR) is 226 cm³/mol. The summed E-state index contributed by atoms with van der Waals surface area (Å²) in [4.78, 5) is 39.3. The third-order valence-electron chi connectivity index (χ3n) is 16.7. The number of carboxylic acids is 1. The topological polar surface area (TPSA) is 116 Å². The summed E-state index contributed by atoms with van der Waals surface area (Å²) in [6.07, 6.45) is 10.4. The Hall–Kier alpha value is -2.72. The SMILES string of the molecule is C=C(C)C1CCC2(C(=O)NCC(C)c3cccc(C(=O)NCc4cccc(C(=O)O)c4)c3)CCC3(I)C(CCC4C5(C)CCC(O)C(C)(C)C5CCC43C)C12. The van der Waals surface area contributed by atoms with Gasteiger partial charge in [0.25, 0.3) is 5.91 Å². The largest absolute Gasteiger partial charge is 0.478 e. The number of carbonyl (C=O) groups is 3. The van der Waals surface area contributed by atoms with E-state index in [4.69, 9.17) is 0 Å². The van der Waals surface area contributed by atoms with Crippen molar-refractivity contribution < 1.29 is 24.6 Å². The van der Waals surface area contributed by atoms with Crippen molar-refractivity contribution >= 4 is 40.4 Å². The number of nitrogens with one attached hydrogen (secondary N) is 2. The molecule has 5 saturated carbocycles. The van der Waals surface area contributed by atoms with E-state index >= 15 is 0 Å². The molecule has 11 unspecified atom stereocenters. The Balaban J connectivity index is 1.06. The zero-order valence-electron chi connectivity index (χ0n) is 33.8. The highest BCUT2D eigenvalue weighted by Gasteiger charge is 2.72. The average molecular weight is 863 g/mol. The van der Waals surface area contributed by atoms with E-state index in [0.29, 0.717) is 35.8 Å². The summed E-state index contributed by atoms with van der Waals surface area (Å²) in [5.41, 5.74) is 3.60. The summed E-state index contributed by atoms with van der Waals surface area (Å²) >= 11 is 2.94. The third-order valence-corrected chi connectivity index (χ3v) is 19.2. The Labute approximate surface area is 342 Å². The second kappa shape index (κ2) is 14.6. The molecule has 0 radical (unpaired) electrons. The molecule has 4 N–H and O–H groups in total. The molecule has 0 aromatic heterocycles. The molecule has 7 rings (SSSR count). The van der Waals surface area contributed by atoms with Crippen LogP contribution < -0.4 is 10.6 Å². The van der Waals surface area contributed by atoms with Crippen molar-refractivity contribution in [2.75, 3.05) is 6.54 Å². The summed E-state index contributed by atoms with van der Waals surface area (Å²) in [5, 5.41) is 26.8. The molecular formula is C47H63IN2O5. The van der Waals surface area contributed by atoms with Crippen LogP contribution in [0.15, 0.2) is 60.7 Å². The maximum absolute atomic E-state index is 14.8. The van der Waals surface area contributed by atoms with E-state index < -0.39 is 11.4 Å². The van der Waals surface area contributed by atoms with Gasteiger partial charge in [-0.2, -0.15) is 0 Å². The highest BCUT2D eigenvalue weighted by molar-refractivity contribution is 14.1. The van der Waals surface area contributed by atoms with E-state index in [1.54, 1.807) is 24.3 Å². The first-order valence-electron chi connectivity index (χ1n) is 20.9. The molecule has 298 valence electrons. The normalized spacial score (nSPS) is 38.0. The molecule has 11 atom stereocenters. The minimum atomic E-state index is -0.998. The van der Waals surface area contributed by atoms with Gasteiger partial charge in [0.15, 0.2) is 0 Å². The average Bonchev–Trinajstić information content (AvgIpc) is 3.56.